The molecule has 2 nitrogen and oxygen atoms in total. The maximum absolute atomic E-state index is 11.2. The van der Waals surface area contributed by atoms with Gasteiger partial charge < -0.3 is 10.2 Å². The molecule has 2 heteroatoms. The molecule has 5 fully saturated rings. The first kappa shape index (κ1) is 23.7. The van der Waals surface area contributed by atoms with Gasteiger partial charge in [-0.2, -0.15) is 0 Å². The predicted molar refractivity (Wildman–Crippen MR) is 132 cm³/mol. The van der Waals surface area contributed by atoms with Crippen LogP contribution >= 0.6 is 0 Å². The second-order valence-corrected chi connectivity index (χ2v) is 15.5. The Bertz CT molecular complexity index is 765. The summed E-state index contributed by atoms with van der Waals surface area (Å²) in [5, 5.41) is 22.1. The Morgan fingerprint density at radius 3 is 2.03 bits per heavy atom. The summed E-state index contributed by atoms with van der Waals surface area (Å²) in [6.45, 7) is 19.5. The highest BCUT2D eigenvalue weighted by atomic mass is 16.3. The Morgan fingerprint density at radius 2 is 1.38 bits per heavy atom. The lowest BCUT2D eigenvalue weighted by atomic mass is 9.32. The summed E-state index contributed by atoms with van der Waals surface area (Å²) in [5.74, 6) is 3.29. The van der Waals surface area contributed by atoms with Crippen LogP contribution in [0.15, 0.2) is 0 Å². The van der Waals surface area contributed by atoms with Crippen LogP contribution in [0.1, 0.15) is 120 Å². The number of aliphatic hydroxyl groups excluding tert-OH is 1. The summed E-state index contributed by atoms with van der Waals surface area (Å²) in [5.41, 5.74) is 1.02. The second-order valence-electron chi connectivity index (χ2n) is 15.5. The lowest BCUT2D eigenvalue weighted by Gasteiger charge is -2.73. The first-order chi connectivity index (χ1) is 14.6. The Morgan fingerprint density at radius 1 is 0.688 bits per heavy atom. The number of hydrogen-bond donors (Lipinski definition) is 2. The van der Waals surface area contributed by atoms with Gasteiger partial charge in [0.2, 0.25) is 0 Å². The molecule has 184 valence electrons. The van der Waals surface area contributed by atoms with Crippen LogP contribution in [-0.2, 0) is 0 Å². The minimum absolute atomic E-state index is 0.0364. The monoisotopic (exact) mass is 444 g/mol. The molecule has 0 aromatic rings. The van der Waals surface area contributed by atoms with Crippen molar-refractivity contribution in [3.63, 3.8) is 0 Å². The standard InChI is InChI=1S/C30H52O2/c1-25(2)21-12-16-30(8)22(28(21,6)15-13-23(25)31)10-9-20-24-19(26(3,4)32)11-14-27(24,5)17-18-29(20,30)7/h19-24,31-32H,9-18H2,1-8H3/t19-,20?,21+,22-,23+,24+,27-,28+,29-,30-/m1/s1. The molecule has 10 atom stereocenters. The minimum atomic E-state index is -0.564. The van der Waals surface area contributed by atoms with Gasteiger partial charge in [-0.05, 0) is 135 Å². The molecule has 0 heterocycles. The Hall–Kier alpha value is -0.0800. The van der Waals surface area contributed by atoms with Crippen LogP contribution < -0.4 is 0 Å². The molecule has 32 heavy (non-hydrogen) atoms. The Balaban J connectivity index is 1.54. The lowest BCUT2D eigenvalue weighted by molar-refractivity contribution is -0.250. The largest absolute Gasteiger partial charge is 0.393 e. The average molecular weight is 445 g/mol. The summed E-state index contributed by atoms with van der Waals surface area (Å²) >= 11 is 0. The molecular formula is C30H52O2. The van der Waals surface area contributed by atoms with Gasteiger partial charge >= 0.3 is 0 Å². The SMILES string of the molecule is CC(C)(O)[C@@H]1CC[C@]2(C)CC[C@]3(C)C(CC[C@@H]4[C@@]5(C)CC[C@H](O)C(C)(C)[C@@H]5CC[C@]43C)[C@H]12. The van der Waals surface area contributed by atoms with Gasteiger partial charge in [-0.25, -0.2) is 0 Å². The van der Waals surface area contributed by atoms with Gasteiger partial charge in [-0.15, -0.1) is 0 Å². The van der Waals surface area contributed by atoms with Crippen LogP contribution in [0.4, 0.5) is 0 Å². The molecule has 0 bridgehead atoms. The summed E-state index contributed by atoms with van der Waals surface area (Å²) < 4.78 is 0. The Labute approximate surface area is 198 Å². The van der Waals surface area contributed by atoms with Crippen molar-refractivity contribution in [1.82, 2.24) is 0 Å². The molecule has 5 saturated carbocycles. The zero-order chi connectivity index (χ0) is 23.5. The van der Waals surface area contributed by atoms with Gasteiger partial charge in [0.05, 0.1) is 11.7 Å². The number of fused-ring (bicyclic) bond motifs is 7. The summed E-state index contributed by atoms with van der Waals surface area (Å²) in [7, 11) is 0. The van der Waals surface area contributed by atoms with E-state index < -0.39 is 5.60 Å². The molecule has 0 aliphatic heterocycles. The number of aliphatic hydroxyl groups is 2. The van der Waals surface area contributed by atoms with Gasteiger partial charge in [0.25, 0.3) is 0 Å². The molecule has 5 rings (SSSR count). The van der Waals surface area contributed by atoms with E-state index in [1.54, 1.807) is 0 Å². The van der Waals surface area contributed by atoms with E-state index >= 15 is 0 Å². The van der Waals surface area contributed by atoms with E-state index in [0.29, 0.717) is 39.4 Å². The van der Waals surface area contributed by atoms with Crippen LogP contribution in [0.25, 0.3) is 0 Å². The van der Waals surface area contributed by atoms with E-state index in [9.17, 15) is 10.2 Å². The first-order valence-corrected chi connectivity index (χ1v) is 14.0. The van der Waals surface area contributed by atoms with Crippen molar-refractivity contribution in [2.24, 2.45) is 56.7 Å². The summed E-state index contributed by atoms with van der Waals surface area (Å²) in [6, 6.07) is 0. The predicted octanol–water partition coefficient (Wildman–Crippen LogP) is 7.22. The normalized spacial score (nSPS) is 57.2. The minimum Gasteiger partial charge on any atom is -0.393 e. The maximum Gasteiger partial charge on any atom is 0.0622 e. The van der Waals surface area contributed by atoms with Crippen molar-refractivity contribution >= 4 is 0 Å². The lowest BCUT2D eigenvalue weighted by Crippen LogP contribution is -2.66. The summed E-state index contributed by atoms with van der Waals surface area (Å²) in [4.78, 5) is 0. The Kier molecular flexibility index (Phi) is 5.01. The third-order valence-corrected chi connectivity index (χ3v) is 13.7. The summed E-state index contributed by atoms with van der Waals surface area (Å²) in [6.07, 6.45) is 12.6. The van der Waals surface area contributed by atoms with Crippen molar-refractivity contribution in [2.45, 2.75) is 131 Å². The molecule has 0 spiro atoms. The topological polar surface area (TPSA) is 40.5 Å². The van der Waals surface area contributed by atoms with Crippen LogP contribution in [0.3, 0.4) is 0 Å². The van der Waals surface area contributed by atoms with Crippen molar-refractivity contribution in [2.75, 3.05) is 0 Å². The van der Waals surface area contributed by atoms with Crippen molar-refractivity contribution in [3.05, 3.63) is 0 Å². The molecule has 5 aliphatic carbocycles. The zero-order valence-electron chi connectivity index (χ0n) is 22.4. The molecule has 5 aliphatic rings. The molecular weight excluding hydrogens is 392 g/mol. The van der Waals surface area contributed by atoms with Gasteiger partial charge in [0.15, 0.2) is 0 Å². The average Bonchev–Trinajstić information content (AvgIpc) is 3.04. The van der Waals surface area contributed by atoms with Gasteiger partial charge in [0.1, 0.15) is 0 Å². The van der Waals surface area contributed by atoms with Gasteiger partial charge in [-0.3, -0.25) is 0 Å². The third-order valence-electron chi connectivity index (χ3n) is 13.7. The molecule has 0 aromatic heterocycles. The van der Waals surface area contributed by atoms with Crippen LogP contribution in [-0.4, -0.2) is 21.9 Å². The quantitative estimate of drug-likeness (QED) is 0.448. The molecule has 1 unspecified atom stereocenters. The van der Waals surface area contributed by atoms with E-state index in [1.807, 2.05) is 0 Å². The fraction of sp³-hybridized carbons (Fsp3) is 1.00. The molecule has 0 aromatic carbocycles. The first-order valence-electron chi connectivity index (χ1n) is 14.0. The fourth-order valence-corrected chi connectivity index (χ4v) is 11.7. The highest BCUT2D eigenvalue weighted by Crippen LogP contribution is 2.77. The van der Waals surface area contributed by atoms with Crippen LogP contribution in [0.2, 0.25) is 0 Å². The second kappa shape index (κ2) is 6.77. The number of hydrogen-bond acceptors (Lipinski definition) is 2. The van der Waals surface area contributed by atoms with Crippen LogP contribution in [0.5, 0.6) is 0 Å². The highest BCUT2D eigenvalue weighted by molar-refractivity contribution is 5.19. The number of rotatable bonds is 1. The van der Waals surface area contributed by atoms with E-state index in [0.717, 1.165) is 18.3 Å². The fourth-order valence-electron chi connectivity index (χ4n) is 11.7. The molecule has 2 N–H and O–H groups in total. The van der Waals surface area contributed by atoms with E-state index in [1.165, 1.54) is 57.8 Å². The third kappa shape index (κ3) is 2.78. The zero-order valence-corrected chi connectivity index (χ0v) is 22.4. The molecule has 0 radical (unpaired) electrons. The van der Waals surface area contributed by atoms with Gasteiger partial charge in [0, 0.05) is 0 Å². The molecule has 0 saturated heterocycles. The van der Waals surface area contributed by atoms with E-state index in [2.05, 4.69) is 55.4 Å². The van der Waals surface area contributed by atoms with Crippen molar-refractivity contribution in [1.29, 1.82) is 0 Å². The van der Waals surface area contributed by atoms with E-state index in [4.69, 9.17) is 0 Å². The smallest absolute Gasteiger partial charge is 0.0622 e. The molecule has 0 amide bonds. The highest BCUT2D eigenvalue weighted by Gasteiger charge is 2.70. The maximum atomic E-state index is 11.2. The van der Waals surface area contributed by atoms with Crippen molar-refractivity contribution in [3.8, 4) is 0 Å². The van der Waals surface area contributed by atoms with Gasteiger partial charge in [-0.1, -0.05) is 41.5 Å². The van der Waals surface area contributed by atoms with Crippen LogP contribution in [0, 0.1) is 56.7 Å². The van der Waals surface area contributed by atoms with Crippen molar-refractivity contribution < 1.29 is 10.2 Å². The van der Waals surface area contributed by atoms with E-state index in [-0.39, 0.29) is 11.5 Å².